The first-order valence-electron chi connectivity index (χ1n) is 13.5. The van der Waals surface area contributed by atoms with Crippen molar-refractivity contribution in [1.29, 1.82) is 0 Å². The standard InChI is InChI=1S/C26H36N6O8/c1-39-14-22(34)32-6-5-30-13-18(32)25(37)28-10-20-24(36)23(35)19(40-20)8-21(33)29-16-7-17(26(30)38)31(12-16)11-15-3-2-4-27-9-15/h2-4,9,16-20,23-24,35-36H,5-8,10-14H2,1H3,(H,28,37)(H,29,33)/t16-,17-,18-,19-,20+,23-,24+/m0/s1. The van der Waals surface area contributed by atoms with Crippen molar-refractivity contribution in [2.24, 2.45) is 0 Å². The third-order valence-electron chi connectivity index (χ3n) is 8.07. The quantitative estimate of drug-likeness (QED) is 0.294. The second kappa shape index (κ2) is 12.1. The number of carbonyl (C=O) groups excluding carboxylic acids is 4. The number of methoxy groups -OCH3 is 1. The van der Waals surface area contributed by atoms with E-state index in [1.165, 1.54) is 12.0 Å². The molecule has 4 N–H and O–H groups in total. The summed E-state index contributed by atoms with van der Waals surface area (Å²) in [5.41, 5.74) is 0.910. The number of pyridine rings is 1. The largest absolute Gasteiger partial charge is 0.388 e. The van der Waals surface area contributed by atoms with Crippen LogP contribution in [0.5, 0.6) is 0 Å². The van der Waals surface area contributed by atoms with Gasteiger partial charge in [-0.15, -0.1) is 0 Å². The Labute approximate surface area is 231 Å². The van der Waals surface area contributed by atoms with Crippen molar-refractivity contribution in [3.05, 3.63) is 30.1 Å². The zero-order chi connectivity index (χ0) is 28.4. The Morgan fingerprint density at radius 1 is 1.15 bits per heavy atom. The van der Waals surface area contributed by atoms with Crippen molar-refractivity contribution in [2.75, 3.05) is 46.4 Å². The third kappa shape index (κ3) is 5.95. The van der Waals surface area contributed by atoms with Gasteiger partial charge in [-0.2, -0.15) is 0 Å². The van der Waals surface area contributed by atoms with E-state index in [9.17, 15) is 29.4 Å². The monoisotopic (exact) mass is 560 g/mol. The Morgan fingerprint density at radius 2 is 1.95 bits per heavy atom. The molecule has 40 heavy (non-hydrogen) atoms. The summed E-state index contributed by atoms with van der Waals surface area (Å²) in [5, 5.41) is 26.7. The average molecular weight is 561 g/mol. The van der Waals surface area contributed by atoms with Gasteiger partial charge in [0.25, 0.3) is 0 Å². The second-order valence-electron chi connectivity index (χ2n) is 10.8. The van der Waals surface area contributed by atoms with E-state index >= 15 is 0 Å². The zero-order valence-corrected chi connectivity index (χ0v) is 22.3. The van der Waals surface area contributed by atoms with Crippen LogP contribution in [0.15, 0.2) is 24.5 Å². The van der Waals surface area contributed by atoms with Crippen molar-refractivity contribution in [1.82, 2.24) is 30.3 Å². The summed E-state index contributed by atoms with van der Waals surface area (Å²) in [5.74, 6) is -1.44. The molecule has 4 aliphatic rings. The van der Waals surface area contributed by atoms with E-state index in [1.54, 1.807) is 17.3 Å². The van der Waals surface area contributed by atoms with Crippen LogP contribution in [0.1, 0.15) is 18.4 Å². The highest BCUT2D eigenvalue weighted by Gasteiger charge is 2.46. The SMILES string of the molecule is COCC(=O)N1CCN2C[C@H]1C(=O)NC[C@H]1O[C@@H](CC(=O)N[C@H]3C[C@@H](C2=O)N(Cc2cccnc2)C3)[C@H](O)[C@@H]1O. The predicted octanol–water partition coefficient (Wildman–Crippen LogP) is -3.16. The number of aliphatic hydroxyl groups excluding tert-OH is 2. The fourth-order valence-corrected chi connectivity index (χ4v) is 6.04. The Morgan fingerprint density at radius 3 is 2.70 bits per heavy atom. The summed E-state index contributed by atoms with van der Waals surface area (Å²) in [6.07, 6.45) is -0.964. The lowest BCUT2D eigenvalue weighted by Crippen LogP contribution is -2.64. The molecule has 14 nitrogen and oxygen atoms in total. The highest BCUT2D eigenvalue weighted by atomic mass is 16.5. The lowest BCUT2D eigenvalue weighted by molar-refractivity contribution is -0.152. The number of amides is 4. The number of aliphatic hydroxyl groups is 2. The summed E-state index contributed by atoms with van der Waals surface area (Å²) < 4.78 is 10.8. The van der Waals surface area contributed by atoms with Gasteiger partial charge >= 0.3 is 0 Å². The van der Waals surface area contributed by atoms with Gasteiger partial charge in [0.05, 0.1) is 25.1 Å². The maximum absolute atomic E-state index is 13.9. The summed E-state index contributed by atoms with van der Waals surface area (Å²) in [4.78, 5) is 62.1. The number of nitrogens with zero attached hydrogens (tertiary/aromatic N) is 4. The summed E-state index contributed by atoms with van der Waals surface area (Å²) in [6, 6.07) is 1.85. The Bertz CT molecular complexity index is 1110. The van der Waals surface area contributed by atoms with Crippen LogP contribution in [0.25, 0.3) is 0 Å². The van der Waals surface area contributed by atoms with Crippen molar-refractivity contribution in [3.63, 3.8) is 0 Å². The number of carbonyl (C=O) groups is 4. The molecule has 7 atom stereocenters. The van der Waals surface area contributed by atoms with Gasteiger partial charge in [-0.05, 0) is 18.1 Å². The molecule has 4 amide bonds. The summed E-state index contributed by atoms with van der Waals surface area (Å²) in [6.45, 7) is 0.857. The highest BCUT2D eigenvalue weighted by Crippen LogP contribution is 2.27. The van der Waals surface area contributed by atoms with Gasteiger partial charge in [0.1, 0.15) is 31.0 Å². The number of hydrogen-bond acceptors (Lipinski definition) is 10. The molecule has 4 saturated heterocycles. The number of hydrogen-bond donors (Lipinski definition) is 4. The van der Waals surface area contributed by atoms with Gasteiger partial charge in [0.2, 0.25) is 23.6 Å². The van der Waals surface area contributed by atoms with Crippen LogP contribution in [0.3, 0.4) is 0 Å². The number of aromatic nitrogens is 1. The van der Waals surface area contributed by atoms with E-state index in [2.05, 4.69) is 15.6 Å². The molecule has 4 fully saturated rings. The van der Waals surface area contributed by atoms with E-state index in [0.717, 1.165) is 5.56 Å². The van der Waals surface area contributed by atoms with Gasteiger partial charge < -0.3 is 40.1 Å². The van der Waals surface area contributed by atoms with E-state index in [1.807, 2.05) is 17.0 Å². The van der Waals surface area contributed by atoms with Gasteiger partial charge in [-0.3, -0.25) is 29.1 Å². The molecule has 14 heteroatoms. The van der Waals surface area contributed by atoms with Crippen LogP contribution in [0, 0.1) is 0 Å². The molecule has 5 rings (SSSR count). The fourth-order valence-electron chi connectivity index (χ4n) is 6.04. The molecular weight excluding hydrogens is 524 g/mol. The van der Waals surface area contributed by atoms with Crippen molar-refractivity contribution >= 4 is 23.6 Å². The molecule has 0 saturated carbocycles. The molecule has 5 heterocycles. The lowest BCUT2D eigenvalue weighted by Gasteiger charge is -2.42. The number of piperazine rings is 1. The van der Waals surface area contributed by atoms with Gasteiger partial charge in [-0.25, -0.2) is 0 Å². The van der Waals surface area contributed by atoms with Gasteiger partial charge in [-0.1, -0.05) is 6.07 Å². The maximum atomic E-state index is 13.9. The molecule has 0 unspecified atom stereocenters. The van der Waals surface area contributed by atoms with E-state index in [4.69, 9.17) is 9.47 Å². The average Bonchev–Trinajstić information content (AvgIpc) is 3.46. The summed E-state index contributed by atoms with van der Waals surface area (Å²) >= 11 is 0. The first kappa shape index (κ1) is 28.4. The molecule has 0 spiro atoms. The van der Waals surface area contributed by atoms with Crippen molar-refractivity contribution in [2.45, 2.75) is 61.9 Å². The molecule has 6 bridgehead atoms. The van der Waals surface area contributed by atoms with Gasteiger partial charge in [0.15, 0.2) is 0 Å². The molecule has 218 valence electrons. The van der Waals surface area contributed by atoms with Crippen molar-refractivity contribution in [3.8, 4) is 0 Å². The van der Waals surface area contributed by atoms with Crippen LogP contribution in [-0.4, -0.2) is 143 Å². The summed E-state index contributed by atoms with van der Waals surface area (Å²) in [7, 11) is 1.39. The topological polar surface area (TPSA) is 174 Å². The molecule has 1 aromatic rings. The predicted molar refractivity (Wildman–Crippen MR) is 137 cm³/mol. The lowest BCUT2D eigenvalue weighted by atomic mass is 10.0. The number of fused-ring (bicyclic) bond motifs is 6. The Hall–Kier alpha value is -3.17. The number of rotatable bonds is 4. The molecule has 0 radical (unpaired) electrons. The first-order chi connectivity index (χ1) is 19.2. The minimum absolute atomic E-state index is 0.0201. The first-order valence-corrected chi connectivity index (χ1v) is 13.5. The zero-order valence-electron chi connectivity index (χ0n) is 22.3. The second-order valence-corrected chi connectivity index (χ2v) is 10.8. The van der Waals surface area contributed by atoms with Crippen molar-refractivity contribution < 1.29 is 38.9 Å². The number of nitrogens with one attached hydrogen (secondary N) is 2. The van der Waals surface area contributed by atoms with Crippen LogP contribution >= 0.6 is 0 Å². The highest BCUT2D eigenvalue weighted by molar-refractivity contribution is 5.90. The molecule has 0 aliphatic carbocycles. The molecule has 1 aromatic heterocycles. The minimum atomic E-state index is -1.31. The molecular formula is C26H36N6O8. The Kier molecular flexibility index (Phi) is 8.61. The third-order valence-corrected chi connectivity index (χ3v) is 8.07. The normalized spacial score (nSPS) is 33.6. The van der Waals surface area contributed by atoms with E-state index in [-0.39, 0.29) is 63.0 Å². The van der Waals surface area contributed by atoms with Crippen LogP contribution in [0.4, 0.5) is 0 Å². The Balaban J connectivity index is 1.43. The molecule has 0 aromatic carbocycles. The maximum Gasteiger partial charge on any atom is 0.249 e. The minimum Gasteiger partial charge on any atom is -0.388 e. The van der Waals surface area contributed by atoms with E-state index < -0.39 is 42.4 Å². The van der Waals surface area contributed by atoms with E-state index in [0.29, 0.717) is 19.5 Å². The molecule has 4 aliphatic heterocycles. The van der Waals surface area contributed by atoms with Gasteiger partial charge in [0, 0.05) is 58.3 Å². The van der Waals surface area contributed by atoms with Crippen LogP contribution in [-0.2, 0) is 35.2 Å². The fraction of sp³-hybridized carbons (Fsp3) is 0.654. The number of ether oxygens (including phenoxy) is 2. The number of likely N-dealkylation sites (tertiary alicyclic amines) is 1. The van der Waals surface area contributed by atoms with Crippen LogP contribution < -0.4 is 10.6 Å². The van der Waals surface area contributed by atoms with Crippen LogP contribution in [0.2, 0.25) is 0 Å². The smallest absolute Gasteiger partial charge is 0.249 e.